The van der Waals surface area contributed by atoms with Crippen LogP contribution in [0, 0.1) is 10.1 Å². The number of benzene rings is 1. The molecule has 3 N–H and O–H groups in total. The summed E-state index contributed by atoms with van der Waals surface area (Å²) in [5.74, 6) is 0.788. The van der Waals surface area contributed by atoms with Crippen molar-refractivity contribution in [2.75, 3.05) is 56.3 Å². The van der Waals surface area contributed by atoms with E-state index >= 15 is 0 Å². The van der Waals surface area contributed by atoms with Crippen LogP contribution in [0.5, 0.6) is 5.75 Å². The van der Waals surface area contributed by atoms with Crippen molar-refractivity contribution in [1.29, 1.82) is 0 Å². The molecule has 0 amide bonds. The van der Waals surface area contributed by atoms with Crippen molar-refractivity contribution in [3.63, 3.8) is 0 Å². The van der Waals surface area contributed by atoms with E-state index in [0.717, 1.165) is 26.2 Å². The number of aromatic nitrogens is 2. The standard InChI is InChI=1S/C16H21N7O3/c1-21-7-9-22(10-8-21)16-19-14(17)13(23(24)25)15(20-16)18-11-5-3-4-6-12(11)26-2/h3-6H,7-10H2,1-2H3,(H3,17,18,19,20). The van der Waals surface area contributed by atoms with E-state index in [4.69, 9.17) is 10.5 Å². The Morgan fingerprint density at radius 2 is 1.92 bits per heavy atom. The van der Waals surface area contributed by atoms with Gasteiger partial charge in [-0.2, -0.15) is 9.97 Å². The highest BCUT2D eigenvalue weighted by Crippen LogP contribution is 2.35. The lowest BCUT2D eigenvalue weighted by molar-refractivity contribution is -0.383. The Kier molecular flexibility index (Phi) is 5.03. The fourth-order valence-corrected chi connectivity index (χ4v) is 2.75. The molecule has 1 aromatic carbocycles. The maximum Gasteiger partial charge on any atom is 0.353 e. The predicted octanol–water partition coefficient (Wildman–Crippen LogP) is 1.47. The maximum absolute atomic E-state index is 11.5. The molecule has 1 aromatic heterocycles. The Bertz CT molecular complexity index is 806. The third-order valence-electron chi connectivity index (χ3n) is 4.23. The van der Waals surface area contributed by atoms with Gasteiger partial charge in [0.25, 0.3) is 0 Å². The van der Waals surface area contributed by atoms with Gasteiger partial charge >= 0.3 is 5.69 Å². The second-order valence-electron chi connectivity index (χ2n) is 5.98. The van der Waals surface area contributed by atoms with Crippen LogP contribution in [0.4, 0.5) is 29.0 Å². The van der Waals surface area contributed by atoms with Gasteiger partial charge in [-0.1, -0.05) is 12.1 Å². The van der Waals surface area contributed by atoms with E-state index in [9.17, 15) is 10.1 Å². The van der Waals surface area contributed by atoms with Gasteiger partial charge in [-0.25, -0.2) is 0 Å². The second-order valence-corrected chi connectivity index (χ2v) is 5.98. The number of hydrogen-bond acceptors (Lipinski definition) is 9. The molecule has 10 heteroatoms. The van der Waals surface area contributed by atoms with Crippen molar-refractivity contribution in [2.24, 2.45) is 0 Å². The van der Waals surface area contributed by atoms with Gasteiger partial charge in [0.05, 0.1) is 17.7 Å². The van der Waals surface area contributed by atoms with Crippen molar-refractivity contribution in [2.45, 2.75) is 0 Å². The van der Waals surface area contributed by atoms with Crippen LogP contribution in [-0.4, -0.2) is 60.1 Å². The predicted molar refractivity (Wildman–Crippen MR) is 99.1 cm³/mol. The van der Waals surface area contributed by atoms with E-state index in [1.807, 2.05) is 18.0 Å². The fourth-order valence-electron chi connectivity index (χ4n) is 2.75. The van der Waals surface area contributed by atoms with Gasteiger partial charge in [0.1, 0.15) is 5.75 Å². The fraction of sp³-hybridized carbons (Fsp3) is 0.375. The minimum Gasteiger partial charge on any atom is -0.495 e. The number of piperazine rings is 1. The summed E-state index contributed by atoms with van der Waals surface area (Å²) < 4.78 is 5.28. The number of ether oxygens (including phenoxy) is 1. The molecule has 0 spiro atoms. The molecule has 1 fully saturated rings. The zero-order valence-corrected chi connectivity index (χ0v) is 14.7. The van der Waals surface area contributed by atoms with Crippen LogP contribution in [0.3, 0.4) is 0 Å². The number of likely N-dealkylation sites (N-methyl/N-ethyl adjacent to an activating group) is 1. The van der Waals surface area contributed by atoms with Gasteiger partial charge in [0.15, 0.2) is 0 Å². The number of rotatable bonds is 5. The van der Waals surface area contributed by atoms with Crippen molar-refractivity contribution >= 4 is 29.0 Å². The third-order valence-corrected chi connectivity index (χ3v) is 4.23. The zero-order valence-electron chi connectivity index (χ0n) is 14.7. The number of methoxy groups -OCH3 is 1. The second kappa shape index (κ2) is 7.40. The monoisotopic (exact) mass is 359 g/mol. The Morgan fingerprint density at radius 3 is 2.58 bits per heavy atom. The zero-order chi connectivity index (χ0) is 18.7. The Labute approximate surface area is 150 Å². The summed E-state index contributed by atoms with van der Waals surface area (Å²) in [5.41, 5.74) is 6.08. The molecule has 1 aliphatic rings. The molecule has 26 heavy (non-hydrogen) atoms. The van der Waals surface area contributed by atoms with Gasteiger partial charge in [0.2, 0.25) is 17.6 Å². The molecule has 0 aliphatic carbocycles. The molecule has 1 saturated heterocycles. The van der Waals surface area contributed by atoms with Gasteiger partial charge in [0, 0.05) is 26.2 Å². The molecular weight excluding hydrogens is 338 g/mol. The van der Waals surface area contributed by atoms with Gasteiger partial charge in [-0.15, -0.1) is 0 Å². The normalized spacial score (nSPS) is 14.9. The summed E-state index contributed by atoms with van der Waals surface area (Å²) in [6.07, 6.45) is 0. The van der Waals surface area contributed by atoms with E-state index in [2.05, 4.69) is 20.2 Å². The molecule has 3 rings (SSSR count). The lowest BCUT2D eigenvalue weighted by Gasteiger charge is -2.32. The molecular formula is C16H21N7O3. The largest absolute Gasteiger partial charge is 0.495 e. The van der Waals surface area contributed by atoms with Crippen molar-refractivity contribution < 1.29 is 9.66 Å². The van der Waals surface area contributed by atoms with Crippen molar-refractivity contribution in [1.82, 2.24) is 14.9 Å². The lowest BCUT2D eigenvalue weighted by Crippen LogP contribution is -2.45. The first-order valence-corrected chi connectivity index (χ1v) is 8.15. The Hall–Kier alpha value is -3.14. The summed E-state index contributed by atoms with van der Waals surface area (Å²) in [5, 5.41) is 14.4. The summed E-state index contributed by atoms with van der Waals surface area (Å²) in [7, 11) is 3.57. The first kappa shape index (κ1) is 17.7. The lowest BCUT2D eigenvalue weighted by atomic mass is 10.3. The highest BCUT2D eigenvalue weighted by molar-refractivity contribution is 5.76. The number of nitrogens with zero attached hydrogens (tertiary/aromatic N) is 5. The first-order valence-electron chi connectivity index (χ1n) is 8.15. The maximum atomic E-state index is 11.5. The molecule has 0 atom stereocenters. The summed E-state index contributed by atoms with van der Waals surface area (Å²) in [6.45, 7) is 3.16. The molecule has 138 valence electrons. The number of anilines is 4. The van der Waals surface area contributed by atoms with Crippen LogP contribution in [0.2, 0.25) is 0 Å². The molecule has 0 radical (unpaired) electrons. The van der Waals surface area contributed by atoms with Crippen molar-refractivity contribution in [3.8, 4) is 5.75 Å². The van der Waals surface area contributed by atoms with Crippen LogP contribution < -0.4 is 20.7 Å². The van der Waals surface area contributed by atoms with Gasteiger partial charge in [-0.05, 0) is 19.2 Å². The Morgan fingerprint density at radius 1 is 1.23 bits per heavy atom. The molecule has 2 aromatic rings. The smallest absolute Gasteiger partial charge is 0.353 e. The van der Waals surface area contributed by atoms with Crippen molar-refractivity contribution in [3.05, 3.63) is 34.4 Å². The van der Waals surface area contributed by atoms with E-state index in [1.165, 1.54) is 7.11 Å². The van der Waals surface area contributed by atoms with Crippen LogP contribution in [0.25, 0.3) is 0 Å². The van der Waals surface area contributed by atoms with Gasteiger partial charge in [-0.3, -0.25) is 10.1 Å². The number of nitro groups is 1. The van der Waals surface area contributed by atoms with E-state index < -0.39 is 4.92 Å². The minimum atomic E-state index is -0.582. The molecule has 2 heterocycles. The highest BCUT2D eigenvalue weighted by atomic mass is 16.6. The number of nitrogen functional groups attached to an aromatic ring is 1. The highest BCUT2D eigenvalue weighted by Gasteiger charge is 2.26. The summed E-state index contributed by atoms with van der Waals surface area (Å²) in [6, 6.07) is 7.10. The minimum absolute atomic E-state index is 0.0425. The molecule has 0 bridgehead atoms. The van der Waals surface area contributed by atoms with E-state index in [1.54, 1.807) is 18.2 Å². The third kappa shape index (κ3) is 3.59. The summed E-state index contributed by atoms with van der Waals surface area (Å²) in [4.78, 5) is 23.6. The Balaban J connectivity index is 2.00. The van der Waals surface area contributed by atoms with E-state index in [0.29, 0.717) is 17.4 Å². The number of nitrogens with two attached hydrogens (primary N) is 1. The average Bonchev–Trinajstić information content (AvgIpc) is 2.62. The number of para-hydroxylation sites is 2. The van der Waals surface area contributed by atoms with Crippen LogP contribution in [-0.2, 0) is 0 Å². The molecule has 0 unspecified atom stereocenters. The SMILES string of the molecule is COc1ccccc1Nc1nc(N2CCN(C)CC2)nc(N)c1[N+](=O)[O-]. The van der Waals surface area contributed by atoms with E-state index in [-0.39, 0.29) is 17.3 Å². The molecule has 10 nitrogen and oxygen atoms in total. The van der Waals surface area contributed by atoms with Crippen LogP contribution in [0.1, 0.15) is 0 Å². The number of hydrogen-bond donors (Lipinski definition) is 2. The number of nitrogens with one attached hydrogen (secondary N) is 1. The molecule has 1 aliphatic heterocycles. The quantitative estimate of drug-likeness (QED) is 0.603. The van der Waals surface area contributed by atoms with Crippen LogP contribution in [0.15, 0.2) is 24.3 Å². The first-order chi connectivity index (χ1) is 12.5. The summed E-state index contributed by atoms with van der Waals surface area (Å²) >= 11 is 0. The average molecular weight is 359 g/mol. The van der Waals surface area contributed by atoms with Gasteiger partial charge < -0.3 is 25.6 Å². The topological polar surface area (TPSA) is 123 Å². The molecule has 0 saturated carbocycles. The van der Waals surface area contributed by atoms with Crippen LogP contribution >= 0.6 is 0 Å².